The Hall–Kier alpha value is -1.73. The Morgan fingerprint density at radius 2 is 1.90 bits per heavy atom. The zero-order valence-corrected chi connectivity index (χ0v) is 12.0. The third kappa shape index (κ3) is 3.30. The molecule has 21 heavy (non-hydrogen) atoms. The van der Waals surface area contributed by atoms with Gasteiger partial charge in [0.05, 0.1) is 12.1 Å². The van der Waals surface area contributed by atoms with Crippen molar-refractivity contribution < 1.29 is 18.0 Å². The second-order valence-electron chi connectivity index (χ2n) is 4.79. The highest BCUT2D eigenvalue weighted by molar-refractivity contribution is 7.10. The number of carbonyl (C=O) groups excluding carboxylic acids is 1. The van der Waals surface area contributed by atoms with E-state index in [2.05, 4.69) is 4.98 Å². The fourth-order valence-electron chi connectivity index (χ4n) is 1.61. The lowest BCUT2D eigenvalue weighted by Crippen LogP contribution is -2.57. The molecule has 112 valence electrons. The Kier molecular flexibility index (Phi) is 4.15. The zero-order chi connectivity index (χ0) is 15.7. The molecule has 3 nitrogen and oxygen atoms in total. The van der Waals surface area contributed by atoms with Crippen molar-refractivity contribution in [1.82, 2.24) is 4.98 Å². The molecule has 0 aliphatic carbocycles. The van der Waals surface area contributed by atoms with Crippen molar-refractivity contribution in [2.24, 2.45) is 5.73 Å². The fourth-order valence-corrected chi connectivity index (χ4v) is 2.41. The number of nitrogens with zero attached hydrogens (tertiary/aromatic N) is 1. The number of alkyl halides is 3. The van der Waals surface area contributed by atoms with Gasteiger partial charge in [0.1, 0.15) is 5.01 Å². The van der Waals surface area contributed by atoms with Gasteiger partial charge in [0.2, 0.25) is 0 Å². The van der Waals surface area contributed by atoms with Gasteiger partial charge in [-0.15, -0.1) is 11.3 Å². The van der Waals surface area contributed by atoms with Crippen LogP contribution in [0, 0.1) is 0 Å². The third-order valence-corrected chi connectivity index (χ3v) is 3.95. The van der Waals surface area contributed by atoms with Gasteiger partial charge in [0, 0.05) is 10.9 Å². The number of nitrogens with two attached hydrogens (primary N) is 1. The average Bonchev–Trinajstić information content (AvgIpc) is 2.87. The lowest BCUT2D eigenvalue weighted by atomic mass is 9.95. The number of thiazole rings is 1. The highest BCUT2D eigenvalue weighted by Gasteiger charge is 2.53. The Bertz CT molecular complexity index is 635. The number of hydrogen-bond acceptors (Lipinski definition) is 4. The molecule has 7 heteroatoms. The van der Waals surface area contributed by atoms with Gasteiger partial charge < -0.3 is 5.73 Å². The SMILES string of the molecule is CC(N)(C(=O)Cc1nc(-c2ccccc2)cs1)C(F)(F)F. The van der Waals surface area contributed by atoms with E-state index < -0.39 is 23.9 Å². The summed E-state index contributed by atoms with van der Waals surface area (Å²) in [6.07, 6.45) is -5.20. The van der Waals surface area contributed by atoms with E-state index >= 15 is 0 Å². The molecule has 2 aromatic rings. The van der Waals surface area contributed by atoms with Crippen molar-refractivity contribution in [3.8, 4) is 11.3 Å². The number of hydrogen-bond donors (Lipinski definition) is 1. The van der Waals surface area contributed by atoms with Crippen LogP contribution in [0.5, 0.6) is 0 Å². The lowest BCUT2D eigenvalue weighted by Gasteiger charge is -2.25. The fraction of sp³-hybridized carbons (Fsp3) is 0.286. The van der Waals surface area contributed by atoms with E-state index in [0.29, 0.717) is 17.6 Å². The molecular formula is C14H13F3N2OS. The number of benzene rings is 1. The number of aromatic nitrogens is 1. The minimum absolute atomic E-state index is 0.319. The Morgan fingerprint density at radius 3 is 2.48 bits per heavy atom. The summed E-state index contributed by atoms with van der Waals surface area (Å²) in [6, 6.07) is 9.19. The summed E-state index contributed by atoms with van der Waals surface area (Å²) in [5.41, 5.74) is 3.73. The quantitative estimate of drug-likeness (QED) is 0.943. The molecule has 2 N–H and O–H groups in total. The second-order valence-corrected chi connectivity index (χ2v) is 5.74. The summed E-state index contributed by atoms with van der Waals surface area (Å²) >= 11 is 1.14. The van der Waals surface area contributed by atoms with Crippen LogP contribution < -0.4 is 5.73 Å². The van der Waals surface area contributed by atoms with Crippen LogP contribution >= 0.6 is 11.3 Å². The van der Waals surface area contributed by atoms with E-state index in [1.807, 2.05) is 30.3 Å². The average molecular weight is 314 g/mol. The number of ketones is 1. The maximum absolute atomic E-state index is 12.7. The van der Waals surface area contributed by atoms with Crippen molar-refractivity contribution in [2.75, 3.05) is 0 Å². The highest BCUT2D eigenvalue weighted by atomic mass is 32.1. The van der Waals surface area contributed by atoms with Crippen LogP contribution in [0.25, 0.3) is 11.3 Å². The molecule has 0 bridgehead atoms. The lowest BCUT2D eigenvalue weighted by molar-refractivity contribution is -0.185. The largest absolute Gasteiger partial charge is 0.413 e. The first kappa shape index (κ1) is 15.7. The van der Waals surface area contributed by atoms with Crippen molar-refractivity contribution in [3.63, 3.8) is 0 Å². The Balaban J connectivity index is 2.15. The molecule has 1 atom stereocenters. The molecule has 0 aliphatic rings. The molecule has 2 rings (SSSR count). The monoisotopic (exact) mass is 314 g/mol. The van der Waals surface area contributed by atoms with Gasteiger partial charge in [0.25, 0.3) is 0 Å². The van der Waals surface area contributed by atoms with E-state index in [9.17, 15) is 18.0 Å². The predicted octanol–water partition coefficient (Wildman–Crippen LogP) is 3.20. The van der Waals surface area contributed by atoms with Crippen LogP contribution in [0.3, 0.4) is 0 Å². The van der Waals surface area contributed by atoms with E-state index in [4.69, 9.17) is 5.73 Å². The van der Waals surface area contributed by atoms with Crippen LogP contribution in [0.4, 0.5) is 13.2 Å². The molecule has 0 fully saturated rings. The molecule has 0 aliphatic heterocycles. The molecule has 0 saturated carbocycles. The molecule has 1 aromatic carbocycles. The molecule has 0 radical (unpaired) electrons. The van der Waals surface area contributed by atoms with Crippen LogP contribution in [-0.4, -0.2) is 22.5 Å². The van der Waals surface area contributed by atoms with Gasteiger partial charge in [-0.1, -0.05) is 30.3 Å². The topological polar surface area (TPSA) is 56.0 Å². The van der Waals surface area contributed by atoms with Crippen LogP contribution in [-0.2, 0) is 11.2 Å². The van der Waals surface area contributed by atoms with E-state index in [0.717, 1.165) is 16.9 Å². The van der Waals surface area contributed by atoms with E-state index in [1.165, 1.54) is 0 Å². The summed E-state index contributed by atoms with van der Waals surface area (Å²) < 4.78 is 38.1. The second kappa shape index (κ2) is 5.57. The smallest absolute Gasteiger partial charge is 0.312 e. The highest BCUT2D eigenvalue weighted by Crippen LogP contribution is 2.30. The maximum Gasteiger partial charge on any atom is 0.413 e. The number of Topliss-reactive ketones (excluding diaryl/α,β-unsaturated/α-hetero) is 1. The van der Waals surface area contributed by atoms with Crippen LogP contribution in [0.2, 0.25) is 0 Å². The van der Waals surface area contributed by atoms with E-state index in [-0.39, 0.29) is 0 Å². The third-order valence-electron chi connectivity index (χ3n) is 3.10. The standard InChI is InChI=1S/C14H13F3N2OS/c1-13(18,14(15,16)17)11(20)7-12-19-10(8-21-12)9-5-3-2-4-6-9/h2-6,8H,7,18H2,1H3. The normalized spacial score (nSPS) is 14.7. The summed E-state index contributed by atoms with van der Waals surface area (Å²) in [4.78, 5) is 15.9. The molecule has 1 unspecified atom stereocenters. The number of rotatable bonds is 4. The predicted molar refractivity (Wildman–Crippen MR) is 74.9 cm³/mol. The number of carbonyl (C=O) groups is 1. The molecule has 0 amide bonds. The van der Waals surface area contributed by atoms with Crippen molar-refractivity contribution >= 4 is 17.1 Å². The molecule has 0 saturated heterocycles. The Morgan fingerprint density at radius 1 is 1.29 bits per heavy atom. The maximum atomic E-state index is 12.7. The first-order valence-electron chi connectivity index (χ1n) is 6.10. The Labute approximate surface area is 123 Å². The van der Waals surface area contributed by atoms with Gasteiger partial charge in [-0.2, -0.15) is 13.2 Å². The van der Waals surface area contributed by atoms with Gasteiger partial charge in [0.15, 0.2) is 11.3 Å². The van der Waals surface area contributed by atoms with Crippen LogP contribution in [0.1, 0.15) is 11.9 Å². The van der Waals surface area contributed by atoms with Gasteiger partial charge in [-0.05, 0) is 6.92 Å². The number of halogens is 3. The van der Waals surface area contributed by atoms with Gasteiger partial charge in [-0.3, -0.25) is 4.79 Å². The van der Waals surface area contributed by atoms with Gasteiger partial charge >= 0.3 is 6.18 Å². The summed E-state index contributed by atoms with van der Waals surface area (Å²) in [7, 11) is 0. The minimum Gasteiger partial charge on any atom is -0.312 e. The minimum atomic E-state index is -4.77. The first-order valence-corrected chi connectivity index (χ1v) is 6.98. The summed E-state index contributed by atoms with van der Waals surface area (Å²) in [6.45, 7) is 0.682. The molecule has 0 spiro atoms. The van der Waals surface area contributed by atoms with Crippen molar-refractivity contribution in [1.29, 1.82) is 0 Å². The zero-order valence-electron chi connectivity index (χ0n) is 11.1. The van der Waals surface area contributed by atoms with Crippen LogP contribution in [0.15, 0.2) is 35.7 Å². The summed E-state index contributed by atoms with van der Waals surface area (Å²) in [5.74, 6) is -1.09. The van der Waals surface area contributed by atoms with Gasteiger partial charge in [-0.25, -0.2) is 4.98 Å². The van der Waals surface area contributed by atoms with Crippen molar-refractivity contribution in [2.45, 2.75) is 25.1 Å². The first-order chi connectivity index (χ1) is 9.72. The van der Waals surface area contributed by atoms with Crippen molar-refractivity contribution in [3.05, 3.63) is 40.7 Å². The van der Waals surface area contributed by atoms with E-state index in [1.54, 1.807) is 5.38 Å². The molecule has 1 heterocycles. The molecule has 1 aromatic heterocycles. The summed E-state index contributed by atoms with van der Waals surface area (Å²) in [5, 5.41) is 2.03. The molecular weight excluding hydrogens is 301 g/mol.